The van der Waals surface area contributed by atoms with Gasteiger partial charge in [0.2, 0.25) is 0 Å². The zero-order valence-corrected chi connectivity index (χ0v) is 19.2. The highest BCUT2D eigenvalue weighted by Crippen LogP contribution is 2.64. The van der Waals surface area contributed by atoms with Gasteiger partial charge in [0, 0.05) is 24.7 Å². The van der Waals surface area contributed by atoms with Gasteiger partial charge in [0.25, 0.3) is 5.56 Å². The van der Waals surface area contributed by atoms with Crippen molar-refractivity contribution < 1.29 is 27.5 Å². The molecule has 0 saturated heterocycles. The average Bonchev–Trinajstić information content (AvgIpc) is 3.31. The quantitative estimate of drug-likeness (QED) is 0.450. The molecule has 6 rings (SSSR count). The second-order valence-corrected chi connectivity index (χ2v) is 9.46. The lowest BCUT2D eigenvalue weighted by Gasteiger charge is -2.17. The van der Waals surface area contributed by atoms with E-state index in [1.807, 2.05) is 0 Å². The van der Waals surface area contributed by atoms with E-state index in [0.29, 0.717) is 17.5 Å². The van der Waals surface area contributed by atoms with Gasteiger partial charge in [-0.15, -0.1) is 0 Å². The fraction of sp³-hybridized carbons (Fsp3) is 0.280. The van der Waals surface area contributed by atoms with Crippen LogP contribution < -0.4 is 17.0 Å². The fourth-order valence-corrected chi connectivity index (χ4v) is 5.70. The smallest absolute Gasteiger partial charge is 0.419 e. The minimum atomic E-state index is -4.54. The second-order valence-electron chi connectivity index (χ2n) is 9.46. The van der Waals surface area contributed by atoms with Crippen LogP contribution in [-0.2, 0) is 25.1 Å². The van der Waals surface area contributed by atoms with Crippen molar-refractivity contribution in [2.45, 2.75) is 36.9 Å². The number of benzene rings is 2. The van der Waals surface area contributed by atoms with Crippen LogP contribution in [-0.4, -0.2) is 24.8 Å². The number of carboxylic acid groups (broad SMARTS) is 1. The summed E-state index contributed by atoms with van der Waals surface area (Å²) in [5, 5.41) is 9.69. The van der Waals surface area contributed by atoms with E-state index >= 15 is 0 Å². The van der Waals surface area contributed by atoms with Crippen molar-refractivity contribution in [1.82, 2.24) is 13.7 Å². The number of oxazole rings is 1. The third-order valence-electron chi connectivity index (χ3n) is 7.59. The van der Waals surface area contributed by atoms with Gasteiger partial charge < -0.3 is 9.52 Å². The summed E-state index contributed by atoms with van der Waals surface area (Å²) in [6.07, 6.45) is -2.98. The Labute approximate surface area is 204 Å². The Bertz CT molecular complexity index is 1830. The van der Waals surface area contributed by atoms with Crippen LogP contribution in [0.25, 0.3) is 16.8 Å². The molecule has 2 heterocycles. The summed E-state index contributed by atoms with van der Waals surface area (Å²) in [5.41, 5.74) is -2.82. The number of alkyl halides is 3. The molecule has 0 amide bonds. The molecule has 0 aliphatic heterocycles. The van der Waals surface area contributed by atoms with Gasteiger partial charge in [-0.25, -0.2) is 14.4 Å². The van der Waals surface area contributed by atoms with Crippen molar-refractivity contribution in [2.24, 2.45) is 7.05 Å². The molecule has 2 atom stereocenters. The van der Waals surface area contributed by atoms with E-state index in [0.717, 1.165) is 21.4 Å². The third-order valence-corrected chi connectivity index (χ3v) is 7.59. The van der Waals surface area contributed by atoms with Crippen molar-refractivity contribution in [3.8, 4) is 5.69 Å². The first-order valence-corrected chi connectivity index (χ1v) is 11.3. The number of carbonyl (C=O) groups is 1. The maximum atomic E-state index is 13.6. The molecule has 1 spiro atoms. The first-order valence-electron chi connectivity index (χ1n) is 11.3. The number of aromatic nitrogens is 3. The second kappa shape index (κ2) is 7.34. The third kappa shape index (κ3) is 3.17. The molecule has 12 heteroatoms. The molecule has 1 fully saturated rings. The van der Waals surface area contributed by atoms with Crippen molar-refractivity contribution in [1.29, 1.82) is 0 Å². The number of halogens is 3. The summed E-state index contributed by atoms with van der Waals surface area (Å²) in [6.45, 7) is 0. The minimum Gasteiger partial charge on any atom is -0.477 e. The molecule has 4 aromatic rings. The van der Waals surface area contributed by atoms with E-state index in [2.05, 4.69) is 0 Å². The molecular formula is C25H18F3N3O6. The van der Waals surface area contributed by atoms with Gasteiger partial charge in [0.15, 0.2) is 5.58 Å². The summed E-state index contributed by atoms with van der Waals surface area (Å²) < 4.78 is 49.0. The molecule has 2 aromatic carbocycles. The Morgan fingerprint density at radius 3 is 2.62 bits per heavy atom. The highest BCUT2D eigenvalue weighted by atomic mass is 19.4. The van der Waals surface area contributed by atoms with Crippen molar-refractivity contribution in [3.63, 3.8) is 0 Å². The molecule has 1 N–H and O–H groups in total. The van der Waals surface area contributed by atoms with E-state index in [-0.39, 0.29) is 29.7 Å². The molecule has 1 saturated carbocycles. The Balaban J connectivity index is 1.53. The number of hydrogen-bond acceptors (Lipinski definition) is 5. The van der Waals surface area contributed by atoms with Gasteiger partial charge in [0.1, 0.15) is 5.56 Å². The number of fused-ring (bicyclic) bond motifs is 3. The number of hydrogen-bond donors (Lipinski definition) is 1. The van der Waals surface area contributed by atoms with Crippen molar-refractivity contribution in [3.05, 3.63) is 96.2 Å². The Kier molecular flexibility index (Phi) is 4.58. The van der Waals surface area contributed by atoms with E-state index in [4.69, 9.17) is 4.42 Å². The van der Waals surface area contributed by atoms with Crippen LogP contribution in [0.3, 0.4) is 0 Å². The predicted octanol–water partition coefficient (Wildman–Crippen LogP) is 2.99. The zero-order chi connectivity index (χ0) is 26.4. The van der Waals surface area contributed by atoms with Crippen molar-refractivity contribution >= 4 is 17.1 Å². The highest BCUT2D eigenvalue weighted by Gasteiger charge is 2.61. The van der Waals surface area contributed by atoms with Gasteiger partial charge in [0.05, 0.1) is 22.8 Å². The van der Waals surface area contributed by atoms with E-state index in [1.54, 1.807) is 6.07 Å². The van der Waals surface area contributed by atoms with E-state index < -0.39 is 51.7 Å². The largest absolute Gasteiger partial charge is 0.477 e. The molecule has 2 aromatic heterocycles. The Morgan fingerprint density at radius 2 is 1.92 bits per heavy atom. The van der Waals surface area contributed by atoms with Crippen LogP contribution in [0.15, 0.2) is 61.4 Å². The van der Waals surface area contributed by atoms with Gasteiger partial charge in [-0.3, -0.25) is 18.5 Å². The molecule has 9 nitrogen and oxygen atoms in total. The maximum absolute atomic E-state index is 13.6. The molecular weight excluding hydrogens is 495 g/mol. The zero-order valence-electron chi connectivity index (χ0n) is 19.2. The van der Waals surface area contributed by atoms with Crippen LogP contribution in [0, 0.1) is 0 Å². The topological polar surface area (TPSA) is 116 Å². The summed E-state index contributed by atoms with van der Waals surface area (Å²) in [6, 6.07) is 7.46. The van der Waals surface area contributed by atoms with Crippen molar-refractivity contribution in [2.75, 3.05) is 0 Å². The summed E-state index contributed by atoms with van der Waals surface area (Å²) in [5.74, 6) is -2.19. The molecule has 2 aliphatic carbocycles. The molecule has 37 heavy (non-hydrogen) atoms. The van der Waals surface area contributed by atoms with E-state index in [1.165, 1.54) is 35.9 Å². The van der Waals surface area contributed by atoms with Gasteiger partial charge in [-0.1, -0.05) is 12.1 Å². The average molecular weight is 513 g/mol. The number of rotatable bonds is 3. The van der Waals surface area contributed by atoms with Crippen LogP contribution in [0.1, 0.15) is 45.9 Å². The monoisotopic (exact) mass is 513 g/mol. The number of carboxylic acids is 1. The van der Waals surface area contributed by atoms with Crippen LogP contribution in [0.2, 0.25) is 0 Å². The molecule has 190 valence electrons. The molecule has 0 bridgehead atoms. The molecule has 2 aliphatic rings. The SMILES string of the molecule is Cn1c(=O)oc2cc(-n3cc(C(=O)O)c(=O)n(C4C[C@]45CCc4c(C(F)(F)F)cccc45)c3=O)ccc21. The van der Waals surface area contributed by atoms with Crippen LogP contribution in [0.5, 0.6) is 0 Å². The van der Waals surface area contributed by atoms with Crippen LogP contribution in [0.4, 0.5) is 13.2 Å². The fourth-order valence-electron chi connectivity index (χ4n) is 5.70. The van der Waals surface area contributed by atoms with Gasteiger partial charge in [-0.05, 0) is 48.6 Å². The van der Waals surface area contributed by atoms with E-state index in [9.17, 15) is 37.5 Å². The van der Waals surface area contributed by atoms with Crippen LogP contribution >= 0.6 is 0 Å². The number of nitrogens with zero attached hydrogens (tertiary/aromatic N) is 3. The summed E-state index contributed by atoms with van der Waals surface area (Å²) >= 11 is 0. The van der Waals surface area contributed by atoms with Gasteiger partial charge in [-0.2, -0.15) is 13.2 Å². The summed E-state index contributed by atoms with van der Waals surface area (Å²) in [7, 11) is 1.50. The lowest BCUT2D eigenvalue weighted by Crippen LogP contribution is -2.42. The van der Waals surface area contributed by atoms with Gasteiger partial charge >= 0.3 is 23.6 Å². The first kappa shape index (κ1) is 23.1. The Morgan fingerprint density at radius 1 is 1.16 bits per heavy atom. The minimum absolute atomic E-state index is 0.132. The number of aryl methyl sites for hydroxylation is 1. The Hall–Kier alpha value is -4.35. The highest BCUT2D eigenvalue weighted by molar-refractivity contribution is 5.87. The summed E-state index contributed by atoms with van der Waals surface area (Å²) in [4.78, 5) is 50.5. The standard InChI is InChI=1S/C25H18F3N3O6/c1-29-17-6-5-12(9-18(17)37-23(29)36)30-11-14(21(33)34)20(32)31(22(30)35)19-10-24(19)8-7-13-15(24)3-2-4-16(13)25(26,27)28/h2-6,9,11,19H,7-8,10H2,1H3,(H,33,34)/t19?,24-/m0/s1. The predicted molar refractivity (Wildman–Crippen MR) is 123 cm³/mol. The first-order chi connectivity index (χ1) is 17.4. The maximum Gasteiger partial charge on any atom is 0.419 e. The number of aromatic carboxylic acids is 1. The molecule has 0 radical (unpaired) electrons. The molecule has 1 unspecified atom stereocenters. The lowest BCUT2D eigenvalue weighted by molar-refractivity contribution is -0.138. The normalized spacial score (nSPS) is 20.5. The lowest BCUT2D eigenvalue weighted by atomic mass is 9.95.